The average molecular weight is 310 g/mol. The smallest absolute Gasteiger partial charge is 0.250 e. The SMILES string of the molecule is Cc1ccc(C(C)NS(=O)(=O)c2cc(N)cs2)c(C)c1. The predicted octanol–water partition coefficient (Wildman–Crippen LogP) is 2.99. The Morgan fingerprint density at radius 1 is 1.25 bits per heavy atom. The zero-order chi connectivity index (χ0) is 14.9. The minimum absolute atomic E-state index is 0.242. The van der Waals surface area contributed by atoms with Gasteiger partial charge in [-0.25, -0.2) is 13.1 Å². The quantitative estimate of drug-likeness (QED) is 0.912. The van der Waals surface area contributed by atoms with Crippen molar-refractivity contribution >= 4 is 27.0 Å². The molecule has 0 aliphatic heterocycles. The van der Waals surface area contributed by atoms with E-state index in [4.69, 9.17) is 5.73 Å². The maximum absolute atomic E-state index is 12.3. The summed E-state index contributed by atoms with van der Waals surface area (Å²) in [4.78, 5) is 0. The first-order valence-electron chi connectivity index (χ1n) is 6.23. The van der Waals surface area contributed by atoms with Crippen molar-refractivity contribution in [1.29, 1.82) is 0 Å². The van der Waals surface area contributed by atoms with Crippen molar-refractivity contribution in [2.45, 2.75) is 31.0 Å². The summed E-state index contributed by atoms with van der Waals surface area (Å²) in [6.45, 7) is 5.84. The molecule has 1 aromatic heterocycles. The monoisotopic (exact) mass is 310 g/mol. The molecule has 20 heavy (non-hydrogen) atoms. The Balaban J connectivity index is 2.25. The van der Waals surface area contributed by atoms with E-state index in [0.29, 0.717) is 5.69 Å². The number of thiophene rings is 1. The van der Waals surface area contributed by atoms with Gasteiger partial charge in [0.25, 0.3) is 10.0 Å². The fraction of sp³-hybridized carbons (Fsp3) is 0.286. The molecule has 0 radical (unpaired) electrons. The van der Waals surface area contributed by atoms with Gasteiger partial charge in [0, 0.05) is 17.1 Å². The number of anilines is 1. The third kappa shape index (κ3) is 3.20. The number of hydrogen-bond donors (Lipinski definition) is 2. The molecule has 1 aromatic carbocycles. The van der Waals surface area contributed by atoms with E-state index in [0.717, 1.165) is 28.0 Å². The van der Waals surface area contributed by atoms with Crippen molar-refractivity contribution in [3.63, 3.8) is 0 Å². The molecular weight excluding hydrogens is 292 g/mol. The van der Waals surface area contributed by atoms with E-state index < -0.39 is 10.0 Å². The van der Waals surface area contributed by atoms with E-state index >= 15 is 0 Å². The van der Waals surface area contributed by atoms with E-state index in [-0.39, 0.29) is 10.3 Å². The summed E-state index contributed by atoms with van der Waals surface area (Å²) in [5.74, 6) is 0. The standard InChI is InChI=1S/C14H18N2O2S2/c1-9-4-5-13(10(2)6-9)11(3)16-20(17,18)14-7-12(15)8-19-14/h4-8,11,16H,15H2,1-3H3. The second kappa shape index (κ2) is 5.55. The molecule has 0 bridgehead atoms. The lowest BCUT2D eigenvalue weighted by Gasteiger charge is -2.16. The fourth-order valence-corrected chi connectivity index (χ4v) is 4.46. The Morgan fingerprint density at radius 2 is 1.95 bits per heavy atom. The summed E-state index contributed by atoms with van der Waals surface area (Å²) in [6, 6.07) is 7.17. The van der Waals surface area contributed by atoms with Gasteiger partial charge >= 0.3 is 0 Å². The number of rotatable bonds is 4. The first-order chi connectivity index (χ1) is 9.29. The summed E-state index contributed by atoms with van der Waals surface area (Å²) in [5, 5.41) is 1.62. The van der Waals surface area contributed by atoms with Crippen LogP contribution in [0.3, 0.4) is 0 Å². The van der Waals surface area contributed by atoms with Crippen molar-refractivity contribution in [3.8, 4) is 0 Å². The number of aryl methyl sites for hydroxylation is 2. The average Bonchev–Trinajstić information content (AvgIpc) is 2.75. The van der Waals surface area contributed by atoms with Crippen molar-refractivity contribution in [1.82, 2.24) is 4.72 Å². The van der Waals surface area contributed by atoms with Crippen LogP contribution in [0, 0.1) is 13.8 Å². The van der Waals surface area contributed by atoms with E-state index in [9.17, 15) is 8.42 Å². The van der Waals surface area contributed by atoms with Gasteiger partial charge in [0.2, 0.25) is 0 Å². The second-order valence-electron chi connectivity index (χ2n) is 4.90. The molecule has 0 amide bonds. The first kappa shape index (κ1) is 15.0. The molecule has 1 heterocycles. The van der Waals surface area contributed by atoms with Gasteiger partial charge in [-0.1, -0.05) is 23.8 Å². The van der Waals surface area contributed by atoms with Crippen LogP contribution in [-0.4, -0.2) is 8.42 Å². The predicted molar refractivity (Wildman–Crippen MR) is 83.4 cm³/mol. The number of nitrogens with one attached hydrogen (secondary N) is 1. The van der Waals surface area contributed by atoms with E-state index in [1.165, 1.54) is 6.07 Å². The Bertz CT molecular complexity index is 721. The Morgan fingerprint density at radius 3 is 2.50 bits per heavy atom. The second-order valence-corrected chi connectivity index (χ2v) is 7.75. The first-order valence-corrected chi connectivity index (χ1v) is 8.59. The van der Waals surface area contributed by atoms with Crippen LogP contribution in [0.25, 0.3) is 0 Å². The van der Waals surface area contributed by atoms with Crippen LogP contribution in [0.2, 0.25) is 0 Å². The number of hydrogen-bond acceptors (Lipinski definition) is 4. The van der Waals surface area contributed by atoms with Gasteiger partial charge in [-0.05, 0) is 38.0 Å². The molecule has 108 valence electrons. The van der Waals surface area contributed by atoms with Crippen LogP contribution in [0.5, 0.6) is 0 Å². The summed E-state index contributed by atoms with van der Waals surface area (Å²) in [7, 11) is -3.53. The Labute approximate surface area is 123 Å². The van der Waals surface area contributed by atoms with Crippen LogP contribution in [0.15, 0.2) is 33.9 Å². The van der Waals surface area contributed by atoms with Crippen LogP contribution in [-0.2, 0) is 10.0 Å². The minimum atomic E-state index is -3.53. The molecule has 0 aliphatic rings. The highest BCUT2D eigenvalue weighted by molar-refractivity contribution is 7.91. The van der Waals surface area contributed by atoms with Crippen molar-refractivity contribution in [2.24, 2.45) is 0 Å². The zero-order valence-electron chi connectivity index (χ0n) is 11.7. The molecular formula is C14H18N2O2S2. The highest BCUT2D eigenvalue weighted by Gasteiger charge is 2.20. The normalized spacial score (nSPS) is 13.3. The topological polar surface area (TPSA) is 72.2 Å². The van der Waals surface area contributed by atoms with Crippen molar-refractivity contribution in [2.75, 3.05) is 5.73 Å². The van der Waals surface area contributed by atoms with Crippen LogP contribution < -0.4 is 10.5 Å². The highest BCUT2D eigenvalue weighted by Crippen LogP contribution is 2.25. The van der Waals surface area contributed by atoms with Crippen LogP contribution >= 0.6 is 11.3 Å². The van der Waals surface area contributed by atoms with Gasteiger partial charge in [0.15, 0.2) is 0 Å². The van der Waals surface area contributed by atoms with Gasteiger partial charge in [0.05, 0.1) is 0 Å². The van der Waals surface area contributed by atoms with Gasteiger partial charge in [-0.2, -0.15) is 0 Å². The number of benzene rings is 1. The van der Waals surface area contributed by atoms with Gasteiger partial charge < -0.3 is 5.73 Å². The maximum Gasteiger partial charge on any atom is 0.250 e. The number of nitrogen functional groups attached to an aromatic ring is 1. The third-order valence-corrected chi connectivity index (χ3v) is 6.08. The minimum Gasteiger partial charge on any atom is -0.398 e. The summed E-state index contributed by atoms with van der Waals surface area (Å²) >= 11 is 1.12. The summed E-state index contributed by atoms with van der Waals surface area (Å²) < 4.78 is 27.4. The van der Waals surface area contributed by atoms with Crippen LogP contribution in [0.1, 0.15) is 29.7 Å². The van der Waals surface area contributed by atoms with Gasteiger partial charge in [-0.15, -0.1) is 11.3 Å². The van der Waals surface area contributed by atoms with Crippen molar-refractivity contribution in [3.05, 3.63) is 46.3 Å². The van der Waals surface area contributed by atoms with Crippen LogP contribution in [0.4, 0.5) is 5.69 Å². The van der Waals surface area contributed by atoms with E-state index in [1.54, 1.807) is 5.38 Å². The maximum atomic E-state index is 12.3. The summed E-state index contributed by atoms with van der Waals surface area (Å²) in [6.07, 6.45) is 0. The van der Waals surface area contributed by atoms with Crippen molar-refractivity contribution < 1.29 is 8.42 Å². The Kier molecular flexibility index (Phi) is 4.17. The Hall–Kier alpha value is -1.37. The molecule has 1 unspecified atom stereocenters. The summed E-state index contributed by atoms with van der Waals surface area (Å²) in [5.41, 5.74) is 9.25. The molecule has 1 atom stereocenters. The molecule has 6 heteroatoms. The molecule has 3 N–H and O–H groups in total. The fourth-order valence-electron chi connectivity index (χ4n) is 2.14. The molecule has 0 saturated heterocycles. The molecule has 4 nitrogen and oxygen atoms in total. The van der Waals surface area contributed by atoms with Gasteiger partial charge in [0.1, 0.15) is 4.21 Å². The zero-order valence-corrected chi connectivity index (χ0v) is 13.3. The largest absolute Gasteiger partial charge is 0.398 e. The number of nitrogens with two attached hydrogens (primary N) is 1. The van der Waals surface area contributed by atoms with E-state index in [1.807, 2.05) is 39.0 Å². The third-order valence-electron chi connectivity index (χ3n) is 3.08. The lowest BCUT2D eigenvalue weighted by Crippen LogP contribution is -2.26. The molecule has 0 aliphatic carbocycles. The van der Waals surface area contributed by atoms with Gasteiger partial charge in [-0.3, -0.25) is 0 Å². The van der Waals surface area contributed by atoms with E-state index in [2.05, 4.69) is 4.72 Å². The molecule has 2 rings (SSSR count). The molecule has 0 spiro atoms. The molecule has 0 saturated carbocycles. The molecule has 0 fully saturated rings. The lowest BCUT2D eigenvalue weighted by atomic mass is 10.0. The lowest BCUT2D eigenvalue weighted by molar-refractivity contribution is 0.568. The molecule has 2 aromatic rings. The number of sulfonamides is 1. The highest BCUT2D eigenvalue weighted by atomic mass is 32.2.